The highest BCUT2D eigenvalue weighted by molar-refractivity contribution is 5.84. The third-order valence-electron chi connectivity index (χ3n) is 4.29. The molecule has 0 aromatic heterocycles. The maximum absolute atomic E-state index is 12.2. The van der Waals surface area contributed by atoms with Gasteiger partial charge in [-0.25, -0.2) is 0 Å². The summed E-state index contributed by atoms with van der Waals surface area (Å²) in [5, 5.41) is 6.18. The van der Waals surface area contributed by atoms with Gasteiger partial charge in [0, 0.05) is 33.7 Å². The Hall–Kier alpha value is -1.14. The highest BCUT2D eigenvalue weighted by Crippen LogP contribution is 2.22. The number of hydrogen-bond acceptors (Lipinski definition) is 4. The fourth-order valence-corrected chi connectivity index (χ4v) is 2.77. The van der Waals surface area contributed by atoms with Crippen LogP contribution in [0.25, 0.3) is 0 Å². The zero-order valence-corrected chi connectivity index (χ0v) is 14.2. The van der Waals surface area contributed by atoms with E-state index in [1.807, 2.05) is 0 Å². The normalized spacial score (nSPS) is 19.5. The molecule has 2 unspecified atom stereocenters. The maximum Gasteiger partial charge on any atom is 0.239 e. The van der Waals surface area contributed by atoms with Crippen LogP contribution < -0.4 is 10.6 Å². The van der Waals surface area contributed by atoms with E-state index >= 15 is 0 Å². The van der Waals surface area contributed by atoms with Gasteiger partial charge in [0.2, 0.25) is 11.8 Å². The van der Waals surface area contributed by atoms with E-state index in [0.717, 1.165) is 19.5 Å². The summed E-state index contributed by atoms with van der Waals surface area (Å²) in [5.74, 6) is 0.852. The lowest BCUT2D eigenvalue weighted by Gasteiger charge is -2.29. The Bertz CT molecular complexity index is 344. The molecule has 0 spiro atoms. The van der Waals surface area contributed by atoms with Crippen LogP contribution in [0.2, 0.25) is 0 Å². The predicted octanol–water partition coefficient (Wildman–Crippen LogP) is 0.623. The van der Waals surface area contributed by atoms with Crippen LogP contribution in [-0.2, 0) is 14.3 Å². The van der Waals surface area contributed by atoms with Crippen molar-refractivity contribution in [1.29, 1.82) is 0 Å². The number of nitrogens with zero attached hydrogens (tertiary/aromatic N) is 1. The first-order chi connectivity index (χ1) is 10.5. The van der Waals surface area contributed by atoms with Crippen molar-refractivity contribution in [3.63, 3.8) is 0 Å². The number of nitrogens with one attached hydrogen (secondary N) is 2. The fraction of sp³-hybridized carbons (Fsp3) is 0.875. The van der Waals surface area contributed by atoms with Crippen LogP contribution in [0.15, 0.2) is 0 Å². The molecule has 0 saturated carbocycles. The van der Waals surface area contributed by atoms with Gasteiger partial charge < -0.3 is 20.3 Å². The average molecular weight is 313 g/mol. The quantitative estimate of drug-likeness (QED) is 0.612. The zero-order chi connectivity index (χ0) is 16.4. The number of amides is 2. The van der Waals surface area contributed by atoms with Gasteiger partial charge in [-0.05, 0) is 44.2 Å². The van der Waals surface area contributed by atoms with Crippen LogP contribution in [-0.4, -0.2) is 63.7 Å². The van der Waals surface area contributed by atoms with E-state index < -0.39 is 0 Å². The van der Waals surface area contributed by atoms with E-state index in [-0.39, 0.29) is 18.4 Å². The van der Waals surface area contributed by atoms with Gasteiger partial charge in [-0.3, -0.25) is 9.59 Å². The third kappa shape index (κ3) is 7.22. The SMILES string of the molecule is COCCCNC(=O)CN(C)C(=O)CC(C)C1CCCNC1. The van der Waals surface area contributed by atoms with Gasteiger partial charge in [0.05, 0.1) is 6.54 Å². The van der Waals surface area contributed by atoms with Crippen molar-refractivity contribution >= 4 is 11.8 Å². The second-order valence-corrected chi connectivity index (χ2v) is 6.23. The van der Waals surface area contributed by atoms with Gasteiger partial charge in [-0.15, -0.1) is 0 Å². The van der Waals surface area contributed by atoms with Crippen molar-refractivity contribution in [2.75, 3.05) is 46.9 Å². The lowest BCUT2D eigenvalue weighted by Crippen LogP contribution is -2.40. The van der Waals surface area contributed by atoms with E-state index in [9.17, 15) is 9.59 Å². The van der Waals surface area contributed by atoms with Crippen molar-refractivity contribution in [2.24, 2.45) is 11.8 Å². The molecule has 0 bridgehead atoms. The predicted molar refractivity (Wildman–Crippen MR) is 86.5 cm³/mol. The number of ether oxygens (including phenoxy) is 1. The Balaban J connectivity index is 2.24. The molecule has 0 aliphatic carbocycles. The average Bonchev–Trinajstić information content (AvgIpc) is 2.52. The first-order valence-electron chi connectivity index (χ1n) is 8.25. The number of likely N-dealkylation sites (N-methyl/N-ethyl adjacent to an activating group) is 1. The van der Waals surface area contributed by atoms with Gasteiger partial charge in [-0.2, -0.15) is 0 Å². The lowest BCUT2D eigenvalue weighted by molar-refractivity contribution is -0.135. The number of hydrogen-bond donors (Lipinski definition) is 2. The van der Waals surface area contributed by atoms with Crippen LogP contribution in [0.1, 0.15) is 32.6 Å². The first kappa shape index (κ1) is 18.9. The minimum absolute atomic E-state index is 0.0464. The molecule has 6 nitrogen and oxygen atoms in total. The summed E-state index contributed by atoms with van der Waals surface area (Å²) < 4.78 is 4.92. The molecule has 6 heteroatoms. The summed E-state index contributed by atoms with van der Waals surface area (Å²) in [6.07, 6.45) is 3.67. The fourth-order valence-electron chi connectivity index (χ4n) is 2.77. The minimum atomic E-state index is -0.112. The molecule has 1 fully saturated rings. The smallest absolute Gasteiger partial charge is 0.239 e. The third-order valence-corrected chi connectivity index (χ3v) is 4.29. The molecule has 1 aliphatic heterocycles. The van der Waals surface area contributed by atoms with Gasteiger partial charge in [0.1, 0.15) is 0 Å². The number of carbonyl (C=O) groups excluding carboxylic acids is 2. The Morgan fingerprint density at radius 3 is 2.86 bits per heavy atom. The molecule has 0 aromatic rings. The van der Waals surface area contributed by atoms with Crippen LogP contribution in [0.4, 0.5) is 0 Å². The summed E-state index contributed by atoms with van der Waals surface area (Å²) in [7, 11) is 3.33. The zero-order valence-electron chi connectivity index (χ0n) is 14.2. The van der Waals surface area contributed by atoms with Crippen molar-refractivity contribution < 1.29 is 14.3 Å². The number of piperidine rings is 1. The van der Waals surface area contributed by atoms with Crippen molar-refractivity contribution in [3.8, 4) is 0 Å². The highest BCUT2D eigenvalue weighted by atomic mass is 16.5. The molecule has 1 aliphatic rings. The number of rotatable bonds is 9. The Labute approximate surface area is 134 Å². The lowest BCUT2D eigenvalue weighted by atomic mass is 9.85. The molecule has 1 heterocycles. The molecule has 2 amide bonds. The van der Waals surface area contributed by atoms with Gasteiger partial charge >= 0.3 is 0 Å². The molecule has 128 valence electrons. The maximum atomic E-state index is 12.2. The van der Waals surface area contributed by atoms with Gasteiger partial charge in [0.15, 0.2) is 0 Å². The summed E-state index contributed by atoms with van der Waals surface area (Å²) in [6.45, 7) is 5.55. The van der Waals surface area contributed by atoms with Crippen LogP contribution in [0.3, 0.4) is 0 Å². The molecular weight excluding hydrogens is 282 g/mol. The van der Waals surface area contributed by atoms with Crippen molar-refractivity contribution in [1.82, 2.24) is 15.5 Å². The van der Waals surface area contributed by atoms with E-state index in [1.54, 1.807) is 14.2 Å². The summed E-state index contributed by atoms with van der Waals surface area (Å²) in [6, 6.07) is 0. The van der Waals surface area contributed by atoms with Crippen LogP contribution in [0.5, 0.6) is 0 Å². The minimum Gasteiger partial charge on any atom is -0.385 e. The first-order valence-corrected chi connectivity index (χ1v) is 8.25. The van der Waals surface area contributed by atoms with E-state index in [2.05, 4.69) is 17.6 Å². The van der Waals surface area contributed by atoms with Crippen molar-refractivity contribution in [2.45, 2.75) is 32.6 Å². The molecule has 22 heavy (non-hydrogen) atoms. The van der Waals surface area contributed by atoms with E-state index in [0.29, 0.717) is 31.4 Å². The van der Waals surface area contributed by atoms with Crippen LogP contribution in [0, 0.1) is 11.8 Å². The second-order valence-electron chi connectivity index (χ2n) is 6.23. The largest absolute Gasteiger partial charge is 0.385 e. The molecule has 1 rings (SSSR count). The summed E-state index contributed by atoms with van der Waals surface area (Å²) in [5.41, 5.74) is 0. The van der Waals surface area contributed by atoms with Gasteiger partial charge in [-0.1, -0.05) is 6.92 Å². The molecular formula is C16H31N3O3. The summed E-state index contributed by atoms with van der Waals surface area (Å²) >= 11 is 0. The van der Waals surface area contributed by atoms with E-state index in [4.69, 9.17) is 4.74 Å². The molecule has 0 radical (unpaired) electrons. The Morgan fingerprint density at radius 1 is 1.45 bits per heavy atom. The monoisotopic (exact) mass is 313 g/mol. The molecule has 1 saturated heterocycles. The van der Waals surface area contributed by atoms with Crippen LogP contribution >= 0.6 is 0 Å². The molecule has 0 aromatic carbocycles. The highest BCUT2D eigenvalue weighted by Gasteiger charge is 2.23. The standard InChI is InChI=1S/C16H31N3O3/c1-13(14-6-4-7-17-11-14)10-16(21)19(2)12-15(20)18-8-5-9-22-3/h13-14,17H,4-12H2,1-3H3,(H,18,20). The number of methoxy groups -OCH3 is 1. The topological polar surface area (TPSA) is 70.7 Å². The number of carbonyl (C=O) groups is 2. The molecule has 2 N–H and O–H groups in total. The Morgan fingerprint density at radius 2 is 2.23 bits per heavy atom. The Kier molecular flexibility index (Phi) is 9.08. The summed E-state index contributed by atoms with van der Waals surface area (Å²) in [4.78, 5) is 25.5. The van der Waals surface area contributed by atoms with Crippen molar-refractivity contribution in [3.05, 3.63) is 0 Å². The second kappa shape index (κ2) is 10.6. The van der Waals surface area contributed by atoms with E-state index in [1.165, 1.54) is 17.7 Å². The molecule has 2 atom stereocenters. The van der Waals surface area contributed by atoms with Gasteiger partial charge in [0.25, 0.3) is 0 Å².